The Hall–Kier alpha value is 0.236. The maximum Gasteiger partial charge on any atom is 0.316 e. The number of carbonyl (C=O) groups excluding carboxylic acids is 1. The van der Waals surface area contributed by atoms with E-state index in [2.05, 4.69) is 6.92 Å². The van der Waals surface area contributed by atoms with Crippen molar-refractivity contribution in [3.8, 4) is 0 Å². The average Bonchev–Trinajstić information content (AvgIpc) is 2.17. The summed E-state index contributed by atoms with van der Waals surface area (Å²) < 4.78 is 5.05. The summed E-state index contributed by atoms with van der Waals surface area (Å²) in [5, 5.41) is 0. The van der Waals surface area contributed by atoms with Crippen LogP contribution in [0.5, 0.6) is 0 Å². The summed E-state index contributed by atoms with van der Waals surface area (Å²) in [7, 11) is 0. The first kappa shape index (κ1) is 17.6. The SMILES string of the molecule is CCCCCCCCOC(=O)CCC.[MgH2]. The molecular formula is C12H26MgO2. The molecule has 0 amide bonds. The van der Waals surface area contributed by atoms with Gasteiger partial charge in [0.2, 0.25) is 0 Å². The van der Waals surface area contributed by atoms with Crippen molar-refractivity contribution >= 4 is 29.0 Å². The van der Waals surface area contributed by atoms with E-state index in [1.807, 2.05) is 6.92 Å². The molecule has 0 N–H and O–H groups in total. The number of hydrogen-bond donors (Lipinski definition) is 0. The van der Waals surface area contributed by atoms with E-state index in [1.165, 1.54) is 32.1 Å². The molecule has 0 aromatic carbocycles. The molecule has 0 aliphatic rings. The molecule has 0 aromatic heterocycles. The van der Waals surface area contributed by atoms with Crippen molar-refractivity contribution in [3.63, 3.8) is 0 Å². The zero-order valence-corrected chi connectivity index (χ0v) is 9.68. The van der Waals surface area contributed by atoms with Gasteiger partial charge >= 0.3 is 29.0 Å². The van der Waals surface area contributed by atoms with Crippen LogP contribution in [0.2, 0.25) is 0 Å². The molecular weight excluding hydrogens is 200 g/mol. The predicted octanol–water partition coefficient (Wildman–Crippen LogP) is 2.77. The summed E-state index contributed by atoms with van der Waals surface area (Å²) in [4.78, 5) is 11.0. The molecule has 0 radical (unpaired) electrons. The first-order chi connectivity index (χ1) is 6.81. The second-order valence-electron chi connectivity index (χ2n) is 3.74. The van der Waals surface area contributed by atoms with Crippen molar-refractivity contribution in [2.45, 2.75) is 65.2 Å². The lowest BCUT2D eigenvalue weighted by molar-refractivity contribution is -0.143. The molecule has 2 nitrogen and oxygen atoms in total. The van der Waals surface area contributed by atoms with Gasteiger partial charge in [0.25, 0.3) is 0 Å². The highest BCUT2D eigenvalue weighted by Gasteiger charge is 1.99. The number of hydrogen-bond acceptors (Lipinski definition) is 2. The maximum atomic E-state index is 11.0. The minimum Gasteiger partial charge on any atom is -0.466 e. The van der Waals surface area contributed by atoms with Gasteiger partial charge in [-0.15, -0.1) is 0 Å². The molecule has 0 bridgehead atoms. The number of esters is 1. The molecule has 0 heterocycles. The summed E-state index contributed by atoms with van der Waals surface area (Å²) in [6, 6.07) is 0. The molecule has 0 unspecified atom stereocenters. The molecule has 0 aliphatic heterocycles. The van der Waals surface area contributed by atoms with Gasteiger partial charge in [-0.1, -0.05) is 46.0 Å². The number of carbonyl (C=O) groups is 1. The minimum absolute atomic E-state index is 0. The molecule has 0 aromatic rings. The van der Waals surface area contributed by atoms with E-state index in [-0.39, 0.29) is 29.0 Å². The topological polar surface area (TPSA) is 26.3 Å². The van der Waals surface area contributed by atoms with Gasteiger partial charge in [-0.05, 0) is 12.8 Å². The largest absolute Gasteiger partial charge is 0.466 e. The van der Waals surface area contributed by atoms with Crippen LogP contribution in [0, 0.1) is 0 Å². The lowest BCUT2D eigenvalue weighted by atomic mass is 10.1. The van der Waals surface area contributed by atoms with E-state index < -0.39 is 0 Å². The Morgan fingerprint density at radius 2 is 1.53 bits per heavy atom. The van der Waals surface area contributed by atoms with Crippen LogP contribution in [0.4, 0.5) is 0 Å². The lowest BCUT2D eigenvalue weighted by Crippen LogP contribution is -2.04. The number of rotatable bonds is 9. The summed E-state index contributed by atoms with van der Waals surface area (Å²) >= 11 is 0. The van der Waals surface area contributed by atoms with Crippen LogP contribution in [0.1, 0.15) is 65.2 Å². The van der Waals surface area contributed by atoms with Crippen molar-refractivity contribution in [3.05, 3.63) is 0 Å². The standard InChI is InChI=1S/C12H24O2.Mg.2H/c1-3-5-6-7-8-9-11-14-12(13)10-4-2;;;/h3-11H2,1-2H3;;;. The van der Waals surface area contributed by atoms with Crippen molar-refractivity contribution in [1.29, 1.82) is 0 Å². The van der Waals surface area contributed by atoms with Crippen LogP contribution in [-0.4, -0.2) is 35.6 Å². The van der Waals surface area contributed by atoms with Crippen LogP contribution in [0.15, 0.2) is 0 Å². The smallest absolute Gasteiger partial charge is 0.316 e. The summed E-state index contributed by atoms with van der Waals surface area (Å²) in [5.74, 6) is -0.0407. The Balaban J connectivity index is 0. The summed E-state index contributed by atoms with van der Waals surface area (Å²) in [6.07, 6.45) is 8.88. The minimum atomic E-state index is -0.0407. The van der Waals surface area contributed by atoms with Crippen LogP contribution in [0.3, 0.4) is 0 Å². The Morgan fingerprint density at radius 3 is 2.13 bits per heavy atom. The molecule has 0 rings (SSSR count). The highest BCUT2D eigenvalue weighted by atomic mass is 24.3. The molecule has 88 valence electrons. The third-order valence-electron chi connectivity index (χ3n) is 2.22. The highest BCUT2D eigenvalue weighted by Crippen LogP contribution is 2.05. The second kappa shape index (κ2) is 14.2. The first-order valence-electron chi connectivity index (χ1n) is 5.96. The van der Waals surface area contributed by atoms with Crippen molar-refractivity contribution < 1.29 is 9.53 Å². The van der Waals surface area contributed by atoms with Crippen LogP contribution in [-0.2, 0) is 9.53 Å². The van der Waals surface area contributed by atoms with Crippen molar-refractivity contribution in [2.24, 2.45) is 0 Å². The van der Waals surface area contributed by atoms with Crippen molar-refractivity contribution in [2.75, 3.05) is 6.61 Å². The van der Waals surface area contributed by atoms with Crippen LogP contribution in [0.25, 0.3) is 0 Å². The van der Waals surface area contributed by atoms with Gasteiger partial charge in [-0.25, -0.2) is 0 Å². The van der Waals surface area contributed by atoms with Gasteiger partial charge in [0.1, 0.15) is 0 Å². The van der Waals surface area contributed by atoms with Gasteiger partial charge < -0.3 is 4.74 Å². The van der Waals surface area contributed by atoms with Gasteiger partial charge in [-0.3, -0.25) is 4.79 Å². The van der Waals surface area contributed by atoms with E-state index in [0.717, 1.165) is 12.8 Å². The number of ether oxygens (including phenoxy) is 1. The predicted molar refractivity (Wildman–Crippen MR) is 67.8 cm³/mol. The van der Waals surface area contributed by atoms with E-state index in [0.29, 0.717) is 13.0 Å². The Bertz CT molecular complexity index is 138. The van der Waals surface area contributed by atoms with Crippen molar-refractivity contribution in [1.82, 2.24) is 0 Å². The monoisotopic (exact) mass is 226 g/mol. The average molecular weight is 227 g/mol. The molecule has 15 heavy (non-hydrogen) atoms. The molecule has 0 atom stereocenters. The van der Waals surface area contributed by atoms with E-state index in [9.17, 15) is 4.79 Å². The number of unbranched alkanes of at least 4 members (excludes halogenated alkanes) is 5. The molecule has 0 fully saturated rings. The maximum absolute atomic E-state index is 11.0. The summed E-state index contributed by atoms with van der Waals surface area (Å²) in [5.41, 5.74) is 0. The van der Waals surface area contributed by atoms with E-state index in [4.69, 9.17) is 4.74 Å². The molecule has 0 aliphatic carbocycles. The fourth-order valence-corrected chi connectivity index (χ4v) is 1.34. The van der Waals surface area contributed by atoms with Gasteiger partial charge in [-0.2, -0.15) is 0 Å². The highest BCUT2D eigenvalue weighted by molar-refractivity contribution is 5.75. The van der Waals surface area contributed by atoms with Gasteiger partial charge in [0, 0.05) is 6.42 Å². The van der Waals surface area contributed by atoms with Gasteiger partial charge in [0.05, 0.1) is 6.61 Å². The fourth-order valence-electron chi connectivity index (χ4n) is 1.34. The second-order valence-corrected chi connectivity index (χ2v) is 3.74. The van der Waals surface area contributed by atoms with Crippen LogP contribution >= 0.6 is 0 Å². The molecule has 0 spiro atoms. The quantitative estimate of drug-likeness (QED) is 0.343. The first-order valence-corrected chi connectivity index (χ1v) is 5.96. The zero-order valence-electron chi connectivity index (χ0n) is 9.68. The zero-order chi connectivity index (χ0) is 10.6. The molecule has 3 heteroatoms. The molecule has 0 saturated heterocycles. The fraction of sp³-hybridized carbons (Fsp3) is 0.917. The Morgan fingerprint density at radius 1 is 0.933 bits per heavy atom. The van der Waals surface area contributed by atoms with E-state index in [1.54, 1.807) is 0 Å². The third kappa shape index (κ3) is 14.2. The Labute approximate surface area is 110 Å². The summed E-state index contributed by atoms with van der Waals surface area (Å²) in [6.45, 7) is 4.82. The van der Waals surface area contributed by atoms with E-state index >= 15 is 0 Å². The Kier molecular flexibility index (Phi) is 16.7. The van der Waals surface area contributed by atoms with Crippen LogP contribution < -0.4 is 0 Å². The third-order valence-corrected chi connectivity index (χ3v) is 2.22. The lowest BCUT2D eigenvalue weighted by Gasteiger charge is -2.03. The normalized spacial score (nSPS) is 9.47. The van der Waals surface area contributed by atoms with Gasteiger partial charge in [0.15, 0.2) is 0 Å². The molecule has 0 saturated carbocycles.